The van der Waals surface area contributed by atoms with E-state index in [0.29, 0.717) is 6.42 Å². The van der Waals surface area contributed by atoms with Crippen LogP contribution in [0, 0.1) is 11.8 Å². The average Bonchev–Trinajstić information content (AvgIpc) is 2.52. The Bertz CT molecular complexity index is 200. The van der Waals surface area contributed by atoms with Crippen LogP contribution in [0.1, 0.15) is 25.7 Å². The first kappa shape index (κ1) is 7.88. The van der Waals surface area contributed by atoms with Gasteiger partial charge >= 0.3 is 0 Å². The fourth-order valence-electron chi connectivity index (χ4n) is 2.01. The van der Waals surface area contributed by atoms with Crippen molar-refractivity contribution in [3.63, 3.8) is 0 Å². The van der Waals surface area contributed by atoms with Crippen molar-refractivity contribution in [1.82, 2.24) is 0 Å². The molecule has 0 heterocycles. The van der Waals surface area contributed by atoms with E-state index in [1.54, 1.807) is 0 Å². The van der Waals surface area contributed by atoms with Crippen LogP contribution in [0.25, 0.3) is 0 Å². The Morgan fingerprint density at radius 2 is 2.09 bits per heavy atom. The number of halogens is 2. The van der Waals surface area contributed by atoms with Gasteiger partial charge in [-0.1, -0.05) is 6.42 Å². The second-order valence-electron chi connectivity index (χ2n) is 3.47. The number of Topliss-reactive ketones (excluding diaryl/α,β-unsaturated/α-hetero) is 1. The van der Waals surface area contributed by atoms with Crippen LogP contribution >= 0.6 is 23.2 Å². The largest absolute Gasteiger partial charge is 0.299 e. The van der Waals surface area contributed by atoms with Crippen molar-refractivity contribution in [1.29, 1.82) is 0 Å². The molecule has 0 aromatic rings. The maximum Gasteiger partial charge on any atom is 0.139 e. The molecule has 2 rings (SSSR count). The molecule has 2 saturated carbocycles. The van der Waals surface area contributed by atoms with Crippen molar-refractivity contribution in [2.75, 3.05) is 0 Å². The normalized spacial score (nSPS) is 41.1. The highest BCUT2D eigenvalue weighted by atomic mass is 35.5. The van der Waals surface area contributed by atoms with Gasteiger partial charge in [0.15, 0.2) is 0 Å². The first-order valence-electron chi connectivity index (χ1n) is 4.04. The second-order valence-corrected chi connectivity index (χ2v) is 4.92. The molecule has 0 aliphatic heterocycles. The molecule has 0 bridgehead atoms. The third-order valence-corrected chi connectivity index (χ3v) is 3.77. The zero-order valence-corrected chi connectivity index (χ0v) is 7.66. The SMILES string of the molecule is O=C1CCCCC2C1C2(Cl)Cl. The lowest BCUT2D eigenvalue weighted by molar-refractivity contribution is -0.120. The highest BCUT2D eigenvalue weighted by Crippen LogP contribution is 2.62. The molecule has 2 atom stereocenters. The standard InChI is InChI=1S/C8H10Cl2O/c9-8(10)5-3-1-2-4-6(11)7(5)8/h5,7H,1-4H2. The zero-order valence-electron chi connectivity index (χ0n) is 6.15. The maximum absolute atomic E-state index is 11.3. The predicted octanol–water partition coefficient (Wildman–Crippen LogP) is 2.55. The lowest BCUT2D eigenvalue weighted by atomic mass is 10.1. The summed E-state index contributed by atoms with van der Waals surface area (Å²) in [6.07, 6.45) is 3.84. The number of fused-ring (bicyclic) bond motifs is 1. The number of rotatable bonds is 0. The highest BCUT2D eigenvalue weighted by Gasteiger charge is 2.66. The van der Waals surface area contributed by atoms with Crippen molar-refractivity contribution < 1.29 is 4.79 Å². The van der Waals surface area contributed by atoms with Crippen LogP contribution in [-0.2, 0) is 4.79 Å². The van der Waals surface area contributed by atoms with E-state index in [1.807, 2.05) is 0 Å². The van der Waals surface area contributed by atoms with E-state index in [0.717, 1.165) is 19.3 Å². The summed E-state index contributed by atoms with van der Waals surface area (Å²) in [6.45, 7) is 0. The average molecular weight is 193 g/mol. The quantitative estimate of drug-likeness (QED) is 0.540. The Morgan fingerprint density at radius 3 is 2.82 bits per heavy atom. The van der Waals surface area contributed by atoms with Crippen molar-refractivity contribution >= 4 is 29.0 Å². The van der Waals surface area contributed by atoms with Gasteiger partial charge in [0.2, 0.25) is 0 Å². The zero-order chi connectivity index (χ0) is 8.06. The molecule has 2 aliphatic carbocycles. The van der Waals surface area contributed by atoms with E-state index in [2.05, 4.69) is 0 Å². The number of hydrogen-bond donors (Lipinski definition) is 0. The molecule has 0 aromatic carbocycles. The Hall–Kier alpha value is 0.250. The topological polar surface area (TPSA) is 17.1 Å². The van der Waals surface area contributed by atoms with Crippen LogP contribution in [0.5, 0.6) is 0 Å². The summed E-state index contributed by atoms with van der Waals surface area (Å²) in [5.74, 6) is 0.506. The van der Waals surface area contributed by atoms with Gasteiger partial charge in [-0.3, -0.25) is 4.79 Å². The van der Waals surface area contributed by atoms with Crippen molar-refractivity contribution in [3.8, 4) is 0 Å². The van der Waals surface area contributed by atoms with E-state index in [9.17, 15) is 4.79 Å². The molecule has 62 valence electrons. The number of alkyl halides is 2. The molecule has 2 unspecified atom stereocenters. The summed E-state index contributed by atoms with van der Waals surface area (Å²) in [6, 6.07) is 0. The Labute approximate surface area is 76.1 Å². The summed E-state index contributed by atoms with van der Waals surface area (Å²) >= 11 is 11.9. The van der Waals surface area contributed by atoms with Gasteiger partial charge in [-0.05, 0) is 12.8 Å². The van der Waals surface area contributed by atoms with E-state index in [1.165, 1.54) is 0 Å². The number of hydrogen-bond acceptors (Lipinski definition) is 1. The first-order chi connectivity index (χ1) is 5.14. The fraction of sp³-hybridized carbons (Fsp3) is 0.875. The molecule has 0 spiro atoms. The van der Waals surface area contributed by atoms with E-state index < -0.39 is 4.33 Å². The molecule has 0 N–H and O–H groups in total. The van der Waals surface area contributed by atoms with Gasteiger partial charge in [-0.25, -0.2) is 0 Å². The molecule has 1 nitrogen and oxygen atoms in total. The molecule has 3 heteroatoms. The van der Waals surface area contributed by atoms with Gasteiger partial charge in [-0.2, -0.15) is 0 Å². The molecule has 2 aliphatic rings. The summed E-state index contributed by atoms with van der Waals surface area (Å²) < 4.78 is -0.697. The number of carbonyl (C=O) groups excluding carboxylic acids is 1. The van der Waals surface area contributed by atoms with Gasteiger partial charge in [0.05, 0.1) is 5.92 Å². The van der Waals surface area contributed by atoms with Crippen LogP contribution < -0.4 is 0 Å². The number of ketones is 1. The van der Waals surface area contributed by atoms with E-state index in [4.69, 9.17) is 23.2 Å². The lowest BCUT2D eigenvalue weighted by Gasteiger charge is -2.00. The molecule has 11 heavy (non-hydrogen) atoms. The highest BCUT2D eigenvalue weighted by molar-refractivity contribution is 6.52. The summed E-state index contributed by atoms with van der Waals surface area (Å²) in [5.41, 5.74) is 0. The molecule has 0 saturated heterocycles. The minimum Gasteiger partial charge on any atom is -0.299 e. The van der Waals surface area contributed by atoms with Crippen LogP contribution in [0.3, 0.4) is 0 Å². The Morgan fingerprint density at radius 1 is 1.36 bits per heavy atom. The van der Waals surface area contributed by atoms with Crippen molar-refractivity contribution in [2.45, 2.75) is 30.0 Å². The van der Waals surface area contributed by atoms with Gasteiger partial charge in [0.25, 0.3) is 0 Å². The minimum absolute atomic E-state index is 0.0340. The predicted molar refractivity (Wildman–Crippen MR) is 44.9 cm³/mol. The Balaban J connectivity index is 2.15. The summed E-state index contributed by atoms with van der Waals surface area (Å²) in [7, 11) is 0. The number of carbonyl (C=O) groups is 1. The van der Waals surface area contributed by atoms with Crippen LogP contribution in [0.4, 0.5) is 0 Å². The summed E-state index contributed by atoms with van der Waals surface area (Å²) in [4.78, 5) is 11.3. The summed E-state index contributed by atoms with van der Waals surface area (Å²) in [5, 5.41) is 0. The van der Waals surface area contributed by atoms with Gasteiger partial charge < -0.3 is 0 Å². The fourth-order valence-corrected chi connectivity index (χ4v) is 2.90. The smallest absolute Gasteiger partial charge is 0.139 e. The lowest BCUT2D eigenvalue weighted by Crippen LogP contribution is -2.05. The third kappa shape index (κ3) is 1.09. The van der Waals surface area contributed by atoms with Gasteiger partial charge in [-0.15, -0.1) is 23.2 Å². The first-order valence-corrected chi connectivity index (χ1v) is 4.80. The van der Waals surface area contributed by atoms with Gasteiger partial charge in [0.1, 0.15) is 10.1 Å². The van der Waals surface area contributed by atoms with Crippen LogP contribution in [0.2, 0.25) is 0 Å². The molecule has 2 fully saturated rings. The molecule has 0 radical (unpaired) electrons. The molecular weight excluding hydrogens is 183 g/mol. The second kappa shape index (κ2) is 2.37. The third-order valence-electron chi connectivity index (χ3n) is 2.74. The molecular formula is C8H10Cl2O. The van der Waals surface area contributed by atoms with Crippen LogP contribution in [0.15, 0.2) is 0 Å². The maximum atomic E-state index is 11.3. The van der Waals surface area contributed by atoms with Crippen LogP contribution in [-0.4, -0.2) is 10.1 Å². The van der Waals surface area contributed by atoms with Crippen molar-refractivity contribution in [2.24, 2.45) is 11.8 Å². The van der Waals surface area contributed by atoms with Crippen molar-refractivity contribution in [3.05, 3.63) is 0 Å². The van der Waals surface area contributed by atoms with E-state index >= 15 is 0 Å². The molecule has 0 amide bonds. The van der Waals surface area contributed by atoms with E-state index in [-0.39, 0.29) is 17.6 Å². The minimum atomic E-state index is -0.697. The Kier molecular flexibility index (Phi) is 1.69. The molecule has 0 aromatic heterocycles. The monoisotopic (exact) mass is 192 g/mol. The van der Waals surface area contributed by atoms with Gasteiger partial charge in [0, 0.05) is 12.3 Å².